The summed E-state index contributed by atoms with van der Waals surface area (Å²) < 4.78 is 0. The van der Waals surface area contributed by atoms with Crippen LogP contribution in [0, 0.1) is 0 Å². The molecule has 0 spiro atoms. The molecular weight excluding hydrogens is 354 g/mol. The first-order valence-electron chi connectivity index (χ1n) is 9.91. The van der Waals surface area contributed by atoms with Gasteiger partial charge in [-0.2, -0.15) is 0 Å². The lowest BCUT2D eigenvalue weighted by molar-refractivity contribution is -0.0584. The standard InChI is InChI=1S/C23H25NO4/c1-2-3-4-5-6-7-10-17-13-15-18(16-14-17)23(27)28-24-21(25)19-11-8-9-12-20(19)22(24)26/h8-9,11-16H,2-7,10H2,1H3. The molecule has 0 unspecified atom stereocenters. The molecule has 28 heavy (non-hydrogen) atoms. The van der Waals surface area contributed by atoms with Gasteiger partial charge >= 0.3 is 5.97 Å². The summed E-state index contributed by atoms with van der Waals surface area (Å²) in [5.74, 6) is -1.96. The zero-order valence-electron chi connectivity index (χ0n) is 16.1. The second-order valence-electron chi connectivity index (χ2n) is 7.04. The molecule has 3 rings (SSSR count). The fraction of sp³-hybridized carbons (Fsp3) is 0.348. The Morgan fingerprint density at radius 3 is 2.00 bits per heavy atom. The zero-order chi connectivity index (χ0) is 19.9. The van der Waals surface area contributed by atoms with Gasteiger partial charge in [0.05, 0.1) is 16.7 Å². The van der Waals surface area contributed by atoms with E-state index in [1.807, 2.05) is 12.1 Å². The monoisotopic (exact) mass is 379 g/mol. The van der Waals surface area contributed by atoms with E-state index in [1.165, 1.54) is 32.1 Å². The van der Waals surface area contributed by atoms with Crippen molar-refractivity contribution in [2.24, 2.45) is 0 Å². The third-order valence-corrected chi connectivity index (χ3v) is 4.94. The van der Waals surface area contributed by atoms with Crippen LogP contribution in [0.15, 0.2) is 48.5 Å². The third kappa shape index (κ3) is 4.47. The van der Waals surface area contributed by atoms with Crippen molar-refractivity contribution < 1.29 is 19.2 Å². The van der Waals surface area contributed by atoms with Crippen molar-refractivity contribution in [1.82, 2.24) is 5.06 Å². The number of hydroxylamine groups is 2. The van der Waals surface area contributed by atoms with E-state index in [0.29, 0.717) is 10.6 Å². The first kappa shape index (κ1) is 19.8. The van der Waals surface area contributed by atoms with Crippen molar-refractivity contribution in [3.05, 3.63) is 70.8 Å². The molecule has 1 aliphatic rings. The van der Waals surface area contributed by atoms with Crippen LogP contribution in [0.1, 0.15) is 82.1 Å². The van der Waals surface area contributed by atoms with E-state index < -0.39 is 17.8 Å². The molecule has 0 saturated heterocycles. The summed E-state index contributed by atoms with van der Waals surface area (Å²) >= 11 is 0. The van der Waals surface area contributed by atoms with Gasteiger partial charge in [-0.3, -0.25) is 9.59 Å². The number of hydrogen-bond acceptors (Lipinski definition) is 4. The molecule has 0 radical (unpaired) electrons. The molecule has 0 N–H and O–H groups in total. The van der Waals surface area contributed by atoms with Crippen LogP contribution < -0.4 is 0 Å². The first-order chi connectivity index (χ1) is 13.6. The second kappa shape index (κ2) is 9.31. The van der Waals surface area contributed by atoms with Crippen LogP contribution in [-0.2, 0) is 11.3 Å². The highest BCUT2D eigenvalue weighted by Crippen LogP contribution is 2.23. The normalized spacial score (nSPS) is 13.0. The quantitative estimate of drug-likeness (QED) is 0.456. The summed E-state index contributed by atoms with van der Waals surface area (Å²) in [4.78, 5) is 42.0. The molecule has 2 aromatic rings. The largest absolute Gasteiger partial charge is 0.363 e. The Morgan fingerprint density at radius 2 is 1.39 bits per heavy atom. The van der Waals surface area contributed by atoms with Gasteiger partial charge in [-0.1, -0.05) is 68.4 Å². The molecule has 2 aromatic carbocycles. The Kier molecular flexibility index (Phi) is 6.58. The minimum Gasteiger partial charge on any atom is -0.324 e. The Labute approximate surface area is 165 Å². The smallest absolute Gasteiger partial charge is 0.324 e. The summed E-state index contributed by atoms with van der Waals surface area (Å²) in [5, 5.41) is 0.539. The van der Waals surface area contributed by atoms with Crippen LogP contribution in [0.3, 0.4) is 0 Å². The fourth-order valence-corrected chi connectivity index (χ4v) is 3.30. The fourth-order valence-electron chi connectivity index (χ4n) is 3.30. The van der Waals surface area contributed by atoms with E-state index in [-0.39, 0.29) is 11.1 Å². The summed E-state index contributed by atoms with van der Waals surface area (Å²) in [6.45, 7) is 2.21. The van der Waals surface area contributed by atoms with Crippen LogP contribution in [0.25, 0.3) is 0 Å². The number of carbonyl (C=O) groups excluding carboxylic acids is 3. The van der Waals surface area contributed by atoms with Gasteiger partial charge in [0.25, 0.3) is 11.8 Å². The van der Waals surface area contributed by atoms with Gasteiger partial charge in [0.15, 0.2) is 0 Å². The third-order valence-electron chi connectivity index (χ3n) is 4.94. The highest BCUT2D eigenvalue weighted by atomic mass is 16.7. The van der Waals surface area contributed by atoms with E-state index in [2.05, 4.69) is 6.92 Å². The summed E-state index contributed by atoms with van der Waals surface area (Å²) in [5.41, 5.74) is 1.96. The molecule has 0 saturated carbocycles. The van der Waals surface area contributed by atoms with Gasteiger partial charge in [0, 0.05) is 0 Å². The highest BCUT2D eigenvalue weighted by Gasteiger charge is 2.38. The number of fused-ring (bicyclic) bond motifs is 1. The molecular formula is C23H25NO4. The molecule has 1 heterocycles. The second-order valence-corrected chi connectivity index (χ2v) is 7.04. The number of unbranched alkanes of at least 4 members (excludes halogenated alkanes) is 5. The van der Waals surface area contributed by atoms with Crippen LogP contribution in [-0.4, -0.2) is 22.8 Å². The average molecular weight is 379 g/mol. The molecule has 0 aromatic heterocycles. The molecule has 0 fully saturated rings. The van der Waals surface area contributed by atoms with Crippen LogP contribution in [0.4, 0.5) is 0 Å². The van der Waals surface area contributed by atoms with Crippen molar-refractivity contribution >= 4 is 17.8 Å². The number of benzene rings is 2. The minimum atomic E-state index is -0.722. The SMILES string of the molecule is CCCCCCCCc1ccc(C(=O)ON2C(=O)c3ccccc3C2=O)cc1. The molecule has 146 valence electrons. The Hall–Kier alpha value is -2.95. The van der Waals surface area contributed by atoms with E-state index in [9.17, 15) is 14.4 Å². The van der Waals surface area contributed by atoms with Gasteiger partial charge in [0.1, 0.15) is 0 Å². The van der Waals surface area contributed by atoms with Crippen molar-refractivity contribution in [1.29, 1.82) is 0 Å². The molecule has 0 bridgehead atoms. The topological polar surface area (TPSA) is 63.7 Å². The average Bonchev–Trinajstić information content (AvgIpc) is 2.96. The molecule has 0 atom stereocenters. The maximum absolute atomic E-state index is 12.3. The van der Waals surface area contributed by atoms with E-state index in [1.54, 1.807) is 36.4 Å². The number of hydrogen-bond donors (Lipinski definition) is 0. The molecule has 0 aliphatic carbocycles. The van der Waals surface area contributed by atoms with Crippen LogP contribution >= 0.6 is 0 Å². The van der Waals surface area contributed by atoms with Crippen molar-refractivity contribution in [2.75, 3.05) is 0 Å². The minimum absolute atomic E-state index is 0.245. The lowest BCUT2D eigenvalue weighted by Gasteiger charge is -2.12. The Balaban J connectivity index is 1.53. The number of carbonyl (C=O) groups is 3. The van der Waals surface area contributed by atoms with Crippen LogP contribution in [0.2, 0.25) is 0 Å². The first-order valence-corrected chi connectivity index (χ1v) is 9.91. The van der Waals surface area contributed by atoms with Gasteiger partial charge < -0.3 is 4.84 Å². The number of imide groups is 1. The van der Waals surface area contributed by atoms with E-state index in [4.69, 9.17) is 4.84 Å². The summed E-state index contributed by atoms with van der Waals surface area (Å²) in [7, 11) is 0. The molecule has 5 heteroatoms. The van der Waals surface area contributed by atoms with Crippen molar-refractivity contribution in [2.45, 2.75) is 51.9 Å². The van der Waals surface area contributed by atoms with E-state index >= 15 is 0 Å². The molecule has 2 amide bonds. The maximum Gasteiger partial charge on any atom is 0.363 e. The maximum atomic E-state index is 12.3. The molecule has 5 nitrogen and oxygen atoms in total. The number of nitrogens with zero attached hydrogens (tertiary/aromatic N) is 1. The van der Waals surface area contributed by atoms with E-state index in [0.717, 1.165) is 18.4 Å². The van der Waals surface area contributed by atoms with Gasteiger partial charge in [0.2, 0.25) is 0 Å². The Morgan fingerprint density at radius 1 is 0.821 bits per heavy atom. The Bertz CT molecular complexity index is 822. The molecule has 1 aliphatic heterocycles. The summed E-state index contributed by atoms with van der Waals surface area (Å²) in [6.07, 6.45) is 8.41. The number of amides is 2. The van der Waals surface area contributed by atoms with Crippen LogP contribution in [0.5, 0.6) is 0 Å². The van der Waals surface area contributed by atoms with Gasteiger partial charge in [-0.15, -0.1) is 0 Å². The van der Waals surface area contributed by atoms with Crippen molar-refractivity contribution in [3.63, 3.8) is 0 Å². The highest BCUT2D eigenvalue weighted by molar-refractivity contribution is 6.21. The van der Waals surface area contributed by atoms with Gasteiger partial charge in [-0.25, -0.2) is 4.79 Å². The zero-order valence-corrected chi connectivity index (χ0v) is 16.1. The predicted molar refractivity (Wildman–Crippen MR) is 106 cm³/mol. The lowest BCUT2D eigenvalue weighted by Crippen LogP contribution is -2.32. The number of rotatable bonds is 9. The summed E-state index contributed by atoms with van der Waals surface area (Å²) in [6, 6.07) is 13.5. The van der Waals surface area contributed by atoms with Gasteiger partial charge in [-0.05, 0) is 42.7 Å². The van der Waals surface area contributed by atoms with Crippen molar-refractivity contribution in [3.8, 4) is 0 Å². The predicted octanol–water partition coefficient (Wildman–Crippen LogP) is 4.96. The lowest BCUT2D eigenvalue weighted by atomic mass is 10.0. The number of aryl methyl sites for hydroxylation is 1.